The molecule has 6 nitrogen and oxygen atoms in total. The van der Waals surface area contributed by atoms with E-state index >= 15 is 0 Å². The van der Waals surface area contributed by atoms with Crippen LogP contribution in [0.1, 0.15) is 30.8 Å². The van der Waals surface area contributed by atoms with E-state index in [0.29, 0.717) is 18.1 Å². The first-order valence-corrected chi connectivity index (χ1v) is 7.97. The van der Waals surface area contributed by atoms with Crippen LogP contribution in [0.4, 0.5) is 9.93 Å². The highest BCUT2D eigenvalue weighted by molar-refractivity contribution is 7.15. The Morgan fingerprint density at radius 2 is 2.19 bits per heavy atom. The molecular formula is C14H21N3O3S. The van der Waals surface area contributed by atoms with Crippen LogP contribution in [0.2, 0.25) is 0 Å². The van der Waals surface area contributed by atoms with E-state index in [9.17, 15) is 9.59 Å². The number of aryl methyl sites for hydroxylation is 2. The lowest BCUT2D eigenvalue weighted by atomic mass is 9.91. The zero-order valence-corrected chi connectivity index (χ0v) is 13.4. The molecule has 2 unspecified atom stereocenters. The predicted octanol–water partition coefficient (Wildman–Crippen LogP) is 2.59. The van der Waals surface area contributed by atoms with E-state index in [4.69, 9.17) is 5.11 Å². The van der Waals surface area contributed by atoms with Crippen molar-refractivity contribution < 1.29 is 14.7 Å². The Morgan fingerprint density at radius 3 is 2.76 bits per heavy atom. The molecule has 2 amide bonds. The number of nitrogens with zero attached hydrogens (tertiary/aromatic N) is 2. The lowest BCUT2D eigenvalue weighted by Gasteiger charge is -2.34. The number of nitrogens with one attached hydrogen (secondary N) is 1. The standard InChI is InChI=1S/C14H21N3O3S/c1-4-11-9(3)21-13(15-11)16-14(20)17-6-8(2)5-10(7-17)12(18)19/h8,10H,4-7H2,1-3H3,(H,18,19)(H,15,16,20). The quantitative estimate of drug-likeness (QED) is 0.899. The summed E-state index contributed by atoms with van der Waals surface area (Å²) in [4.78, 5) is 30.5. The fourth-order valence-electron chi connectivity index (χ4n) is 2.68. The average molecular weight is 311 g/mol. The molecule has 0 aromatic carbocycles. The summed E-state index contributed by atoms with van der Waals surface area (Å²) in [6.07, 6.45) is 1.45. The number of piperidine rings is 1. The first-order valence-electron chi connectivity index (χ1n) is 7.15. The molecule has 1 aliphatic heterocycles. The van der Waals surface area contributed by atoms with Crippen molar-refractivity contribution in [1.29, 1.82) is 0 Å². The van der Waals surface area contributed by atoms with Crippen molar-refractivity contribution in [2.24, 2.45) is 11.8 Å². The summed E-state index contributed by atoms with van der Waals surface area (Å²) in [5.41, 5.74) is 0.991. The van der Waals surface area contributed by atoms with Crippen molar-refractivity contribution in [3.63, 3.8) is 0 Å². The van der Waals surface area contributed by atoms with Crippen molar-refractivity contribution in [3.05, 3.63) is 10.6 Å². The van der Waals surface area contributed by atoms with E-state index < -0.39 is 11.9 Å². The molecular weight excluding hydrogens is 290 g/mol. The molecule has 0 aliphatic carbocycles. The third-order valence-electron chi connectivity index (χ3n) is 3.74. The summed E-state index contributed by atoms with van der Waals surface area (Å²) in [7, 11) is 0. The van der Waals surface area contributed by atoms with Crippen LogP contribution < -0.4 is 5.32 Å². The third kappa shape index (κ3) is 3.72. The van der Waals surface area contributed by atoms with Gasteiger partial charge in [-0.25, -0.2) is 9.78 Å². The number of hydrogen-bond acceptors (Lipinski definition) is 4. The van der Waals surface area contributed by atoms with E-state index in [0.717, 1.165) is 17.0 Å². The molecule has 2 N–H and O–H groups in total. The van der Waals surface area contributed by atoms with Gasteiger partial charge in [0.05, 0.1) is 11.6 Å². The number of amides is 2. The zero-order chi connectivity index (χ0) is 15.6. The fourth-order valence-corrected chi connectivity index (χ4v) is 3.57. The van der Waals surface area contributed by atoms with Crippen LogP contribution >= 0.6 is 11.3 Å². The number of aromatic nitrogens is 1. The molecule has 1 fully saturated rings. The molecule has 0 radical (unpaired) electrons. The first-order chi connectivity index (χ1) is 9.90. The number of aliphatic carboxylic acids is 1. The summed E-state index contributed by atoms with van der Waals surface area (Å²) in [6, 6.07) is -0.260. The van der Waals surface area contributed by atoms with Gasteiger partial charge >= 0.3 is 12.0 Å². The molecule has 1 aromatic rings. The molecule has 0 spiro atoms. The predicted molar refractivity (Wildman–Crippen MR) is 81.7 cm³/mol. The van der Waals surface area contributed by atoms with Crippen molar-refractivity contribution in [2.75, 3.05) is 18.4 Å². The van der Waals surface area contributed by atoms with Gasteiger partial charge in [-0.3, -0.25) is 10.1 Å². The number of carbonyl (C=O) groups excluding carboxylic acids is 1. The highest BCUT2D eigenvalue weighted by atomic mass is 32.1. The summed E-state index contributed by atoms with van der Waals surface area (Å²) < 4.78 is 0. The SMILES string of the molecule is CCc1nc(NC(=O)N2CC(C)CC(C(=O)O)C2)sc1C. The van der Waals surface area contributed by atoms with Crippen LogP contribution in [0.5, 0.6) is 0 Å². The Hall–Kier alpha value is -1.63. The van der Waals surface area contributed by atoms with Crippen LogP contribution in [0, 0.1) is 18.8 Å². The van der Waals surface area contributed by atoms with E-state index in [1.54, 1.807) is 4.90 Å². The molecule has 116 valence electrons. The van der Waals surface area contributed by atoms with Gasteiger partial charge in [0.25, 0.3) is 0 Å². The summed E-state index contributed by atoms with van der Waals surface area (Å²) in [5, 5.41) is 12.5. The van der Waals surface area contributed by atoms with Crippen molar-refractivity contribution >= 4 is 28.5 Å². The lowest BCUT2D eigenvalue weighted by molar-refractivity contribution is -0.143. The van der Waals surface area contributed by atoms with Crippen LogP contribution in [-0.4, -0.2) is 40.1 Å². The van der Waals surface area contributed by atoms with Crippen LogP contribution in [0.25, 0.3) is 0 Å². The minimum absolute atomic E-state index is 0.190. The summed E-state index contributed by atoms with van der Waals surface area (Å²) in [5.74, 6) is -1.13. The van der Waals surface area contributed by atoms with Crippen molar-refractivity contribution in [2.45, 2.75) is 33.6 Å². The van der Waals surface area contributed by atoms with Crippen molar-refractivity contribution in [1.82, 2.24) is 9.88 Å². The smallest absolute Gasteiger partial charge is 0.323 e. The number of rotatable bonds is 3. The molecule has 1 aromatic heterocycles. The number of carbonyl (C=O) groups is 2. The number of carboxylic acids is 1. The first kappa shape index (κ1) is 15.8. The molecule has 7 heteroatoms. The molecule has 0 saturated carbocycles. The van der Waals surface area contributed by atoms with E-state index in [1.807, 2.05) is 20.8 Å². The minimum Gasteiger partial charge on any atom is -0.481 e. The maximum atomic E-state index is 12.3. The van der Waals surface area contributed by atoms with Gasteiger partial charge in [-0.05, 0) is 25.7 Å². The Bertz CT molecular complexity index is 544. The number of anilines is 1. The molecule has 2 atom stereocenters. The van der Waals surface area contributed by atoms with Crippen LogP contribution in [-0.2, 0) is 11.2 Å². The number of hydrogen-bond donors (Lipinski definition) is 2. The summed E-state index contributed by atoms with van der Waals surface area (Å²) in [6.45, 7) is 6.82. The van der Waals surface area contributed by atoms with Gasteiger partial charge in [0.15, 0.2) is 5.13 Å². The molecule has 2 rings (SSSR count). The minimum atomic E-state index is -0.835. The Kier molecular flexibility index (Phi) is 4.82. The van der Waals surface area contributed by atoms with Crippen molar-refractivity contribution in [3.8, 4) is 0 Å². The second-order valence-electron chi connectivity index (χ2n) is 5.59. The molecule has 21 heavy (non-hydrogen) atoms. The third-order valence-corrected chi connectivity index (χ3v) is 4.67. The number of urea groups is 1. The van der Waals surface area contributed by atoms with Gasteiger partial charge in [0.1, 0.15) is 0 Å². The number of likely N-dealkylation sites (tertiary alicyclic amines) is 1. The van der Waals surface area contributed by atoms with E-state index in [-0.39, 0.29) is 18.5 Å². The maximum Gasteiger partial charge on any atom is 0.323 e. The van der Waals surface area contributed by atoms with Gasteiger partial charge in [-0.2, -0.15) is 0 Å². The normalized spacial score (nSPS) is 22.1. The Labute approximate surface area is 128 Å². The van der Waals surface area contributed by atoms with E-state index in [2.05, 4.69) is 10.3 Å². The van der Waals surface area contributed by atoms with Crippen LogP contribution in [0.3, 0.4) is 0 Å². The zero-order valence-electron chi connectivity index (χ0n) is 12.5. The van der Waals surface area contributed by atoms with Gasteiger partial charge in [0, 0.05) is 18.0 Å². The lowest BCUT2D eigenvalue weighted by Crippen LogP contribution is -2.47. The largest absolute Gasteiger partial charge is 0.481 e. The highest BCUT2D eigenvalue weighted by Crippen LogP contribution is 2.25. The fraction of sp³-hybridized carbons (Fsp3) is 0.643. The number of carboxylic acid groups (broad SMARTS) is 1. The van der Waals surface area contributed by atoms with Gasteiger partial charge in [-0.15, -0.1) is 11.3 Å². The maximum absolute atomic E-state index is 12.3. The second kappa shape index (κ2) is 6.43. The van der Waals surface area contributed by atoms with Gasteiger partial charge in [0.2, 0.25) is 0 Å². The number of thiazole rings is 1. The monoisotopic (exact) mass is 311 g/mol. The Morgan fingerprint density at radius 1 is 1.48 bits per heavy atom. The van der Waals surface area contributed by atoms with Gasteiger partial charge < -0.3 is 10.0 Å². The topological polar surface area (TPSA) is 82.5 Å². The summed E-state index contributed by atoms with van der Waals surface area (Å²) >= 11 is 1.45. The Balaban J connectivity index is 2.03. The van der Waals surface area contributed by atoms with Gasteiger partial charge in [-0.1, -0.05) is 13.8 Å². The molecule has 1 saturated heterocycles. The molecule has 0 bridgehead atoms. The molecule has 1 aliphatic rings. The second-order valence-corrected chi connectivity index (χ2v) is 6.79. The average Bonchev–Trinajstić information content (AvgIpc) is 2.77. The van der Waals surface area contributed by atoms with Crippen LogP contribution in [0.15, 0.2) is 0 Å². The molecule has 2 heterocycles. The van der Waals surface area contributed by atoms with E-state index in [1.165, 1.54) is 11.3 Å². The highest BCUT2D eigenvalue weighted by Gasteiger charge is 2.32.